The molecule has 4 nitrogen and oxygen atoms in total. The zero-order valence-corrected chi connectivity index (χ0v) is 14.3. The quantitative estimate of drug-likeness (QED) is 0.944. The monoisotopic (exact) mass is 320 g/mol. The fourth-order valence-electron chi connectivity index (χ4n) is 3.98. The molecule has 1 aromatic carbocycles. The number of nitrogens with zero attached hydrogens (tertiary/aromatic N) is 3. The van der Waals surface area contributed by atoms with E-state index in [1.165, 1.54) is 35.2 Å². The third-order valence-corrected chi connectivity index (χ3v) is 6.02. The predicted octanol–water partition coefficient (Wildman–Crippen LogP) is 3.18. The summed E-state index contributed by atoms with van der Waals surface area (Å²) >= 11 is 0. The molecule has 1 atom stereocenters. The number of hydrogen-bond donors (Lipinski definition) is 1. The lowest BCUT2D eigenvalue weighted by Gasteiger charge is -2.39. The molecule has 5 rings (SSSR count). The topological polar surface area (TPSA) is 55.0 Å². The van der Waals surface area contributed by atoms with Gasteiger partial charge in [0.25, 0.3) is 0 Å². The molecule has 1 aromatic heterocycles. The molecule has 2 N–H and O–H groups in total. The van der Waals surface area contributed by atoms with Crippen molar-refractivity contribution in [1.82, 2.24) is 9.97 Å². The Hall–Kier alpha value is -1.94. The van der Waals surface area contributed by atoms with Crippen LogP contribution in [0.15, 0.2) is 24.3 Å². The first-order valence-corrected chi connectivity index (χ1v) is 9.20. The highest BCUT2D eigenvalue weighted by Gasteiger charge is 2.39. The Morgan fingerprint density at radius 3 is 2.54 bits per heavy atom. The van der Waals surface area contributed by atoms with Crippen molar-refractivity contribution in [2.45, 2.75) is 57.0 Å². The van der Waals surface area contributed by atoms with Gasteiger partial charge in [0.05, 0.1) is 5.69 Å². The normalized spacial score (nSPS) is 23.8. The summed E-state index contributed by atoms with van der Waals surface area (Å²) < 4.78 is 0. The SMILES string of the molecule is C[C@H]1CCN1c1nc2c(c(-c3ccc(C4(N)CC4)cc3)n1)CCC2. The largest absolute Gasteiger partial charge is 0.338 e. The van der Waals surface area contributed by atoms with Crippen LogP contribution in [0.5, 0.6) is 0 Å². The van der Waals surface area contributed by atoms with Crippen molar-refractivity contribution in [2.24, 2.45) is 5.73 Å². The lowest BCUT2D eigenvalue weighted by Crippen LogP contribution is -2.46. The fourth-order valence-corrected chi connectivity index (χ4v) is 3.98. The summed E-state index contributed by atoms with van der Waals surface area (Å²) in [5.41, 5.74) is 12.5. The van der Waals surface area contributed by atoms with Gasteiger partial charge in [-0.05, 0) is 51.0 Å². The second kappa shape index (κ2) is 5.03. The van der Waals surface area contributed by atoms with E-state index in [0.717, 1.165) is 43.9 Å². The zero-order valence-electron chi connectivity index (χ0n) is 14.3. The van der Waals surface area contributed by atoms with Crippen molar-refractivity contribution in [3.63, 3.8) is 0 Å². The van der Waals surface area contributed by atoms with E-state index < -0.39 is 0 Å². The van der Waals surface area contributed by atoms with Gasteiger partial charge in [0, 0.05) is 34.9 Å². The Bertz CT molecular complexity index is 792. The van der Waals surface area contributed by atoms with Gasteiger partial charge in [0.15, 0.2) is 0 Å². The molecule has 24 heavy (non-hydrogen) atoms. The maximum Gasteiger partial charge on any atom is 0.226 e. The van der Waals surface area contributed by atoms with E-state index >= 15 is 0 Å². The smallest absolute Gasteiger partial charge is 0.226 e. The summed E-state index contributed by atoms with van der Waals surface area (Å²) in [6, 6.07) is 9.35. The molecule has 0 radical (unpaired) electrons. The van der Waals surface area contributed by atoms with Gasteiger partial charge in [-0.15, -0.1) is 0 Å². The third-order valence-electron chi connectivity index (χ3n) is 6.02. The first kappa shape index (κ1) is 14.4. The second-order valence-corrected chi connectivity index (χ2v) is 7.72. The first-order chi connectivity index (χ1) is 11.6. The minimum atomic E-state index is -0.0651. The molecule has 0 bridgehead atoms. The van der Waals surface area contributed by atoms with E-state index in [1.54, 1.807) is 0 Å². The van der Waals surface area contributed by atoms with E-state index in [1.807, 2.05) is 0 Å². The van der Waals surface area contributed by atoms with E-state index in [0.29, 0.717) is 6.04 Å². The van der Waals surface area contributed by atoms with Crippen LogP contribution in [0.3, 0.4) is 0 Å². The van der Waals surface area contributed by atoms with Crippen LogP contribution in [-0.4, -0.2) is 22.6 Å². The second-order valence-electron chi connectivity index (χ2n) is 7.72. The molecule has 1 aliphatic heterocycles. The predicted molar refractivity (Wildman–Crippen MR) is 96.0 cm³/mol. The molecule has 2 heterocycles. The van der Waals surface area contributed by atoms with Gasteiger partial charge >= 0.3 is 0 Å². The molecule has 1 saturated heterocycles. The number of nitrogens with two attached hydrogens (primary N) is 1. The lowest BCUT2D eigenvalue weighted by atomic mass is 10.00. The van der Waals surface area contributed by atoms with Crippen LogP contribution < -0.4 is 10.6 Å². The van der Waals surface area contributed by atoms with Crippen molar-refractivity contribution in [3.05, 3.63) is 41.1 Å². The summed E-state index contributed by atoms with van der Waals surface area (Å²) in [4.78, 5) is 12.2. The minimum Gasteiger partial charge on any atom is -0.338 e. The van der Waals surface area contributed by atoms with Gasteiger partial charge in [-0.25, -0.2) is 9.97 Å². The number of aryl methyl sites for hydroxylation is 1. The number of hydrogen-bond acceptors (Lipinski definition) is 4. The molecule has 2 fully saturated rings. The van der Waals surface area contributed by atoms with E-state index in [9.17, 15) is 0 Å². The number of rotatable bonds is 3. The minimum absolute atomic E-state index is 0.0651. The van der Waals surface area contributed by atoms with Crippen LogP contribution in [0.2, 0.25) is 0 Å². The highest BCUT2D eigenvalue weighted by atomic mass is 15.3. The molecule has 0 spiro atoms. The van der Waals surface area contributed by atoms with Crippen LogP contribution in [-0.2, 0) is 18.4 Å². The lowest BCUT2D eigenvalue weighted by molar-refractivity contribution is 0.470. The zero-order chi connectivity index (χ0) is 16.3. The van der Waals surface area contributed by atoms with Crippen molar-refractivity contribution in [1.29, 1.82) is 0 Å². The van der Waals surface area contributed by atoms with Gasteiger partial charge in [0.2, 0.25) is 5.95 Å². The molecule has 0 amide bonds. The average molecular weight is 320 g/mol. The van der Waals surface area contributed by atoms with E-state index in [4.69, 9.17) is 15.7 Å². The summed E-state index contributed by atoms with van der Waals surface area (Å²) in [6.07, 6.45) is 6.83. The maximum atomic E-state index is 6.32. The average Bonchev–Trinajstić information content (AvgIpc) is 3.16. The van der Waals surface area contributed by atoms with Crippen LogP contribution in [0.1, 0.15) is 49.4 Å². The highest BCUT2D eigenvalue weighted by molar-refractivity contribution is 5.67. The summed E-state index contributed by atoms with van der Waals surface area (Å²) in [7, 11) is 0. The third kappa shape index (κ3) is 2.16. The van der Waals surface area contributed by atoms with Gasteiger partial charge < -0.3 is 10.6 Å². The van der Waals surface area contributed by atoms with Crippen molar-refractivity contribution >= 4 is 5.95 Å². The van der Waals surface area contributed by atoms with E-state index in [-0.39, 0.29) is 5.54 Å². The van der Waals surface area contributed by atoms with Crippen LogP contribution >= 0.6 is 0 Å². The summed E-state index contributed by atoms with van der Waals surface area (Å²) in [5, 5.41) is 0. The summed E-state index contributed by atoms with van der Waals surface area (Å²) in [6.45, 7) is 3.33. The van der Waals surface area contributed by atoms with Crippen molar-refractivity contribution in [3.8, 4) is 11.3 Å². The Labute approximate surface area is 143 Å². The molecular formula is C20H24N4. The molecule has 2 aromatic rings. The van der Waals surface area contributed by atoms with Gasteiger partial charge in [-0.2, -0.15) is 0 Å². The van der Waals surface area contributed by atoms with Crippen molar-refractivity contribution in [2.75, 3.05) is 11.4 Å². The Morgan fingerprint density at radius 1 is 1.12 bits per heavy atom. The van der Waals surface area contributed by atoms with Gasteiger partial charge in [-0.1, -0.05) is 24.3 Å². The molecule has 1 saturated carbocycles. The number of anilines is 1. The number of benzene rings is 1. The van der Waals surface area contributed by atoms with Crippen LogP contribution in [0.25, 0.3) is 11.3 Å². The van der Waals surface area contributed by atoms with E-state index in [2.05, 4.69) is 36.1 Å². The molecule has 3 aliphatic rings. The first-order valence-electron chi connectivity index (χ1n) is 9.20. The Kier molecular flexibility index (Phi) is 3.02. The number of fused-ring (bicyclic) bond motifs is 1. The molecule has 0 unspecified atom stereocenters. The standard InChI is InChI=1S/C20H24N4/c1-13-9-12-24(13)19-22-17-4-2-3-16(17)18(23-19)14-5-7-15(8-6-14)20(21)10-11-20/h5-8,13H,2-4,9-12,21H2,1H3/t13-/m0/s1. The number of aromatic nitrogens is 2. The molecule has 4 heteroatoms. The van der Waals surface area contributed by atoms with Crippen LogP contribution in [0.4, 0.5) is 5.95 Å². The Balaban J connectivity index is 1.56. The Morgan fingerprint density at radius 2 is 1.92 bits per heavy atom. The van der Waals surface area contributed by atoms with Gasteiger partial charge in [0.1, 0.15) is 0 Å². The molecular weight excluding hydrogens is 296 g/mol. The molecule has 124 valence electrons. The van der Waals surface area contributed by atoms with Crippen LogP contribution in [0, 0.1) is 0 Å². The summed E-state index contributed by atoms with van der Waals surface area (Å²) in [5.74, 6) is 0.922. The van der Waals surface area contributed by atoms with Crippen molar-refractivity contribution < 1.29 is 0 Å². The van der Waals surface area contributed by atoms with Gasteiger partial charge in [-0.3, -0.25) is 0 Å². The fraction of sp³-hybridized carbons (Fsp3) is 0.500. The highest BCUT2D eigenvalue weighted by Crippen LogP contribution is 2.43. The maximum absolute atomic E-state index is 6.32. The molecule has 2 aliphatic carbocycles.